The maximum absolute atomic E-state index is 12.5. The van der Waals surface area contributed by atoms with Crippen molar-refractivity contribution >= 4 is 57.8 Å². The van der Waals surface area contributed by atoms with Crippen LogP contribution in [0.15, 0.2) is 36.4 Å². The molecule has 0 atom stereocenters. The molecule has 0 bridgehead atoms. The number of aliphatic carboxylic acids is 1. The summed E-state index contributed by atoms with van der Waals surface area (Å²) >= 11 is 0. The number of hydrogen-bond acceptors (Lipinski definition) is 10. The van der Waals surface area contributed by atoms with E-state index in [1.54, 1.807) is 0 Å². The van der Waals surface area contributed by atoms with Crippen LogP contribution in [0.5, 0.6) is 0 Å². The van der Waals surface area contributed by atoms with Gasteiger partial charge in [-0.3, -0.25) is 9.59 Å². The molecule has 0 radical (unpaired) electrons. The first-order valence-corrected chi connectivity index (χ1v) is 15.4. The number of carbonyl (C=O) groups excluding carboxylic acids is 1. The van der Waals surface area contributed by atoms with E-state index >= 15 is 0 Å². The average molecular weight is 661 g/mol. The maximum Gasteiger partial charge on any atom is 0.305 e. The van der Waals surface area contributed by atoms with Gasteiger partial charge < -0.3 is 44.1 Å². The van der Waals surface area contributed by atoms with Crippen LogP contribution in [-0.4, -0.2) is 104 Å². The van der Waals surface area contributed by atoms with Gasteiger partial charge in [0.25, 0.3) is 0 Å². The van der Waals surface area contributed by atoms with Crippen molar-refractivity contribution in [3.8, 4) is 0 Å². The molecular formula is C32H45ClN6O7. The molecule has 2 aromatic heterocycles. The number of anilines is 2. The first kappa shape index (κ1) is 36.6. The number of carboxylic acids is 1. The van der Waals surface area contributed by atoms with Crippen molar-refractivity contribution in [2.24, 2.45) is 14.1 Å². The zero-order chi connectivity index (χ0) is 32.3. The Morgan fingerprint density at radius 3 is 1.65 bits per heavy atom. The van der Waals surface area contributed by atoms with Crippen molar-refractivity contribution in [1.29, 1.82) is 0 Å². The van der Waals surface area contributed by atoms with Gasteiger partial charge in [0.05, 0.1) is 48.4 Å². The number of fused-ring (bicyclic) bond motifs is 2. The van der Waals surface area contributed by atoms with Crippen LogP contribution in [0.2, 0.25) is 0 Å². The molecule has 4 aromatic rings. The summed E-state index contributed by atoms with van der Waals surface area (Å²) in [7, 11) is 3.85. The monoisotopic (exact) mass is 660 g/mol. The number of esters is 1. The molecular weight excluding hydrogens is 616 g/mol. The van der Waals surface area contributed by atoms with Gasteiger partial charge in [-0.25, -0.2) is 9.97 Å². The molecule has 4 rings (SSSR count). The van der Waals surface area contributed by atoms with Crippen molar-refractivity contribution < 1.29 is 34.8 Å². The van der Waals surface area contributed by atoms with E-state index in [4.69, 9.17) is 14.8 Å². The highest BCUT2D eigenvalue weighted by molar-refractivity contribution is 5.85. The molecule has 46 heavy (non-hydrogen) atoms. The van der Waals surface area contributed by atoms with E-state index in [1.807, 2.05) is 69.4 Å². The average Bonchev–Trinajstić information content (AvgIpc) is 3.51. The summed E-state index contributed by atoms with van der Waals surface area (Å²) in [6, 6.07) is 11.7. The van der Waals surface area contributed by atoms with Gasteiger partial charge >= 0.3 is 11.9 Å². The Hall–Kier alpha value is -3.91. The number of aliphatic hydroxyl groups excluding tert-OH is 3. The number of imidazole rings is 2. The standard InChI is InChI=1S/C32H44N6O7.ClH/c1-35-28-22-24(10-12-26(28)33-29(35)5-3-7-31(42)43)38(15-19-41)16-20-45-32(44)8-4-6-30-34-25-11-9-23(21-27(25)36(30)2)37(13-17-39)14-18-40;/h9-12,21-22,39-41H,3-8,13-20H2,1-2H3,(H,42,43);1H. The molecule has 0 unspecified atom stereocenters. The molecule has 0 aliphatic carbocycles. The van der Waals surface area contributed by atoms with Crippen LogP contribution in [0.4, 0.5) is 11.4 Å². The lowest BCUT2D eigenvalue weighted by Crippen LogP contribution is -2.31. The fraction of sp³-hybridized carbons (Fsp3) is 0.500. The third-order valence-electron chi connectivity index (χ3n) is 7.95. The summed E-state index contributed by atoms with van der Waals surface area (Å²) in [6.45, 7) is 1.74. The fourth-order valence-electron chi connectivity index (χ4n) is 5.53. The number of hydrogen-bond donors (Lipinski definition) is 4. The minimum atomic E-state index is -0.824. The van der Waals surface area contributed by atoms with Gasteiger partial charge in [0.1, 0.15) is 18.3 Å². The first-order valence-electron chi connectivity index (χ1n) is 15.4. The van der Waals surface area contributed by atoms with Gasteiger partial charge in [0.2, 0.25) is 0 Å². The second-order valence-corrected chi connectivity index (χ2v) is 11.0. The van der Waals surface area contributed by atoms with Crippen LogP contribution in [-0.2, 0) is 41.3 Å². The summed E-state index contributed by atoms with van der Waals surface area (Å²) in [5, 5.41) is 37.3. The second-order valence-electron chi connectivity index (χ2n) is 11.0. The Balaban J connectivity index is 0.00000576. The van der Waals surface area contributed by atoms with Gasteiger partial charge in [-0.1, -0.05) is 0 Å². The summed E-state index contributed by atoms with van der Waals surface area (Å²) in [6.07, 6.45) is 2.61. The number of nitrogens with zero attached hydrogens (tertiary/aromatic N) is 6. The van der Waals surface area contributed by atoms with Gasteiger partial charge in [0.15, 0.2) is 0 Å². The van der Waals surface area contributed by atoms with E-state index in [-0.39, 0.29) is 57.6 Å². The summed E-state index contributed by atoms with van der Waals surface area (Å²) in [5.74, 6) is 0.556. The van der Waals surface area contributed by atoms with Crippen LogP contribution in [0.1, 0.15) is 37.3 Å². The number of aromatic nitrogens is 4. The predicted octanol–water partition coefficient (Wildman–Crippen LogP) is 2.44. The largest absolute Gasteiger partial charge is 0.481 e. The van der Waals surface area contributed by atoms with Crippen molar-refractivity contribution in [3.05, 3.63) is 48.0 Å². The van der Waals surface area contributed by atoms with Crippen LogP contribution in [0.3, 0.4) is 0 Å². The van der Waals surface area contributed by atoms with E-state index in [9.17, 15) is 24.9 Å². The Labute approximate surface area is 274 Å². The lowest BCUT2D eigenvalue weighted by atomic mass is 10.2. The lowest BCUT2D eigenvalue weighted by molar-refractivity contribution is -0.143. The number of benzene rings is 2. The second kappa shape index (κ2) is 17.7. The van der Waals surface area contributed by atoms with E-state index in [0.29, 0.717) is 51.9 Å². The molecule has 13 nitrogen and oxygen atoms in total. The third-order valence-corrected chi connectivity index (χ3v) is 7.95. The molecule has 2 heterocycles. The van der Waals surface area contributed by atoms with Crippen molar-refractivity contribution in [3.63, 3.8) is 0 Å². The minimum Gasteiger partial charge on any atom is -0.481 e. The molecule has 0 saturated carbocycles. The SMILES string of the molecule is Cl.Cn1c(CCCC(=O)O)nc2ccc(N(CCO)CCOC(=O)CCCc3nc4ccc(N(CCO)CCO)cc4n3C)cc21. The first-order chi connectivity index (χ1) is 21.7. The highest BCUT2D eigenvalue weighted by Crippen LogP contribution is 2.25. The molecule has 0 saturated heterocycles. The number of aliphatic hydroxyl groups is 3. The highest BCUT2D eigenvalue weighted by atomic mass is 35.5. The Kier molecular flexibility index (Phi) is 14.1. The van der Waals surface area contributed by atoms with Crippen LogP contribution in [0.25, 0.3) is 22.1 Å². The van der Waals surface area contributed by atoms with Crippen molar-refractivity contribution in [2.75, 3.05) is 62.4 Å². The third kappa shape index (κ3) is 9.32. The van der Waals surface area contributed by atoms with Crippen LogP contribution in [0, 0.1) is 0 Å². The molecule has 0 aliphatic heterocycles. The Morgan fingerprint density at radius 2 is 1.20 bits per heavy atom. The Bertz CT molecular complexity index is 1580. The van der Waals surface area contributed by atoms with Gasteiger partial charge in [-0.05, 0) is 49.2 Å². The summed E-state index contributed by atoms with van der Waals surface area (Å²) < 4.78 is 9.50. The number of carbonyl (C=O) groups is 2. The zero-order valence-corrected chi connectivity index (χ0v) is 27.3. The molecule has 2 aromatic carbocycles. The molecule has 252 valence electrons. The fourth-order valence-corrected chi connectivity index (χ4v) is 5.53. The quantitative estimate of drug-likeness (QED) is 0.109. The summed E-state index contributed by atoms with van der Waals surface area (Å²) in [5.41, 5.74) is 5.27. The molecule has 14 heteroatoms. The van der Waals surface area contributed by atoms with Crippen molar-refractivity contribution in [2.45, 2.75) is 38.5 Å². The molecule has 0 fully saturated rings. The predicted molar refractivity (Wildman–Crippen MR) is 179 cm³/mol. The van der Waals surface area contributed by atoms with Crippen LogP contribution >= 0.6 is 12.4 Å². The number of aryl methyl sites for hydroxylation is 4. The number of ether oxygens (including phenoxy) is 1. The summed E-state index contributed by atoms with van der Waals surface area (Å²) in [4.78, 5) is 36.7. The Morgan fingerprint density at radius 1 is 0.739 bits per heavy atom. The van der Waals surface area contributed by atoms with Gasteiger partial charge in [-0.15, -0.1) is 12.4 Å². The molecule has 4 N–H and O–H groups in total. The number of carboxylic acid groups (broad SMARTS) is 1. The van der Waals surface area contributed by atoms with Crippen LogP contribution < -0.4 is 9.80 Å². The van der Waals surface area contributed by atoms with E-state index in [1.165, 1.54) is 0 Å². The highest BCUT2D eigenvalue weighted by Gasteiger charge is 2.15. The zero-order valence-electron chi connectivity index (χ0n) is 26.5. The smallest absolute Gasteiger partial charge is 0.305 e. The molecule has 0 amide bonds. The van der Waals surface area contributed by atoms with E-state index < -0.39 is 5.97 Å². The molecule has 0 spiro atoms. The number of halogens is 1. The molecule has 0 aliphatic rings. The lowest BCUT2D eigenvalue weighted by Gasteiger charge is -2.24. The van der Waals surface area contributed by atoms with Gasteiger partial charge in [0, 0.05) is 70.8 Å². The van der Waals surface area contributed by atoms with E-state index in [0.717, 1.165) is 45.1 Å². The topological polar surface area (TPSA) is 166 Å². The van der Waals surface area contributed by atoms with Gasteiger partial charge in [-0.2, -0.15) is 0 Å². The number of rotatable bonds is 19. The van der Waals surface area contributed by atoms with Crippen molar-refractivity contribution in [1.82, 2.24) is 19.1 Å². The maximum atomic E-state index is 12.5. The minimum absolute atomic E-state index is 0. The van der Waals surface area contributed by atoms with E-state index in [2.05, 4.69) is 4.98 Å². The normalized spacial score (nSPS) is 11.2.